The predicted octanol–water partition coefficient (Wildman–Crippen LogP) is 4.06. The van der Waals surface area contributed by atoms with Crippen molar-refractivity contribution in [2.45, 2.75) is 22.6 Å². The fraction of sp³-hybridized carbons (Fsp3) is 0.200. The molecule has 2 N–H and O–H groups in total. The average Bonchev–Trinajstić information content (AvgIpc) is 2.81. The lowest BCUT2D eigenvalue weighted by molar-refractivity contribution is 0.678. The number of hydrogen-bond acceptors (Lipinski definition) is 2. The lowest BCUT2D eigenvalue weighted by atomic mass is 10.00. The highest BCUT2D eigenvalue weighted by Gasteiger charge is 2.27. The summed E-state index contributed by atoms with van der Waals surface area (Å²) in [5.74, 6) is 0. The molecule has 0 spiro atoms. The van der Waals surface area contributed by atoms with Gasteiger partial charge in [0.15, 0.2) is 0 Å². The standard InChI is InChI=1S/C15H14ClNS/c16-12-6-3-5-11(8-12)15(17)14-9-10-4-1-2-7-13(10)18-14/h1-8,14-15H,9,17H2. The molecule has 0 fully saturated rings. The first-order valence-electron chi connectivity index (χ1n) is 5.99. The van der Waals surface area contributed by atoms with Gasteiger partial charge < -0.3 is 5.73 Å². The van der Waals surface area contributed by atoms with Crippen LogP contribution < -0.4 is 5.73 Å². The summed E-state index contributed by atoms with van der Waals surface area (Å²) in [6.45, 7) is 0. The molecular weight excluding hydrogens is 262 g/mol. The van der Waals surface area contributed by atoms with Gasteiger partial charge in [-0.1, -0.05) is 41.9 Å². The van der Waals surface area contributed by atoms with E-state index in [-0.39, 0.29) is 6.04 Å². The highest BCUT2D eigenvalue weighted by Crippen LogP contribution is 2.41. The lowest BCUT2D eigenvalue weighted by Gasteiger charge is -2.18. The monoisotopic (exact) mass is 275 g/mol. The van der Waals surface area contributed by atoms with Crippen molar-refractivity contribution in [3.05, 3.63) is 64.7 Å². The Kier molecular flexibility index (Phi) is 3.33. The molecule has 2 aromatic rings. The van der Waals surface area contributed by atoms with E-state index < -0.39 is 0 Å². The first kappa shape index (κ1) is 12.1. The van der Waals surface area contributed by atoms with Crippen LogP contribution in [-0.4, -0.2) is 5.25 Å². The third kappa shape index (κ3) is 2.28. The van der Waals surface area contributed by atoms with Crippen molar-refractivity contribution in [1.82, 2.24) is 0 Å². The van der Waals surface area contributed by atoms with Crippen LogP contribution in [0.25, 0.3) is 0 Å². The Morgan fingerprint density at radius 2 is 2.00 bits per heavy atom. The topological polar surface area (TPSA) is 26.0 Å². The molecule has 1 nitrogen and oxygen atoms in total. The molecule has 2 unspecified atom stereocenters. The van der Waals surface area contributed by atoms with Crippen molar-refractivity contribution in [2.75, 3.05) is 0 Å². The third-order valence-electron chi connectivity index (χ3n) is 3.31. The van der Waals surface area contributed by atoms with E-state index in [1.807, 2.05) is 30.0 Å². The van der Waals surface area contributed by atoms with Crippen LogP contribution in [0.5, 0.6) is 0 Å². The predicted molar refractivity (Wildman–Crippen MR) is 78.2 cm³/mol. The Hall–Kier alpha value is -0.960. The van der Waals surface area contributed by atoms with Crippen LogP contribution in [0.3, 0.4) is 0 Å². The van der Waals surface area contributed by atoms with Gasteiger partial charge in [0.1, 0.15) is 0 Å². The maximum Gasteiger partial charge on any atom is 0.0422 e. The minimum atomic E-state index is 0.0288. The van der Waals surface area contributed by atoms with Crippen LogP contribution in [0.2, 0.25) is 5.02 Å². The van der Waals surface area contributed by atoms with Gasteiger partial charge in [-0.25, -0.2) is 0 Å². The van der Waals surface area contributed by atoms with Crippen LogP contribution in [0.4, 0.5) is 0 Å². The third-order valence-corrected chi connectivity index (χ3v) is 4.96. The van der Waals surface area contributed by atoms with E-state index in [1.165, 1.54) is 10.5 Å². The largest absolute Gasteiger partial charge is 0.323 e. The fourth-order valence-corrected chi connectivity index (χ4v) is 3.89. The van der Waals surface area contributed by atoms with E-state index in [4.69, 9.17) is 17.3 Å². The molecular formula is C15H14ClNS. The van der Waals surface area contributed by atoms with E-state index >= 15 is 0 Å². The van der Waals surface area contributed by atoms with Crippen molar-refractivity contribution in [3.63, 3.8) is 0 Å². The second-order valence-electron chi connectivity index (χ2n) is 4.55. The summed E-state index contributed by atoms with van der Waals surface area (Å²) < 4.78 is 0. The van der Waals surface area contributed by atoms with Crippen LogP contribution in [0.1, 0.15) is 17.2 Å². The van der Waals surface area contributed by atoms with E-state index in [9.17, 15) is 0 Å². The number of nitrogens with two attached hydrogens (primary N) is 1. The zero-order chi connectivity index (χ0) is 12.5. The van der Waals surface area contributed by atoms with Crippen molar-refractivity contribution in [3.8, 4) is 0 Å². The molecule has 0 aromatic heterocycles. The summed E-state index contributed by atoms with van der Waals surface area (Å²) >= 11 is 7.90. The van der Waals surface area contributed by atoms with Crippen molar-refractivity contribution < 1.29 is 0 Å². The average molecular weight is 276 g/mol. The Balaban J connectivity index is 1.82. The SMILES string of the molecule is NC(c1cccc(Cl)c1)C1Cc2ccccc2S1. The van der Waals surface area contributed by atoms with Crippen LogP contribution in [0, 0.1) is 0 Å². The summed E-state index contributed by atoms with van der Waals surface area (Å²) in [7, 11) is 0. The highest BCUT2D eigenvalue weighted by atomic mass is 35.5. The summed E-state index contributed by atoms with van der Waals surface area (Å²) in [6.07, 6.45) is 1.04. The van der Waals surface area contributed by atoms with Crippen LogP contribution in [0.15, 0.2) is 53.4 Å². The quantitative estimate of drug-likeness (QED) is 0.895. The minimum absolute atomic E-state index is 0.0288. The van der Waals surface area contributed by atoms with Gasteiger partial charge in [-0.05, 0) is 35.7 Å². The number of hydrogen-bond donors (Lipinski definition) is 1. The molecule has 2 aromatic carbocycles. The van der Waals surface area contributed by atoms with E-state index in [2.05, 4.69) is 30.3 Å². The highest BCUT2D eigenvalue weighted by molar-refractivity contribution is 8.00. The molecule has 0 aliphatic carbocycles. The molecule has 0 saturated carbocycles. The Bertz CT molecular complexity index is 545. The van der Waals surface area contributed by atoms with Gasteiger partial charge in [0.25, 0.3) is 0 Å². The number of benzene rings is 2. The zero-order valence-electron chi connectivity index (χ0n) is 9.84. The summed E-state index contributed by atoms with van der Waals surface area (Å²) in [4.78, 5) is 1.36. The molecule has 2 atom stereocenters. The summed E-state index contributed by atoms with van der Waals surface area (Å²) in [5.41, 5.74) is 8.89. The maximum absolute atomic E-state index is 6.37. The number of halogens is 1. The van der Waals surface area contributed by atoms with Gasteiger partial charge in [0.2, 0.25) is 0 Å². The van der Waals surface area contributed by atoms with Gasteiger partial charge in [0, 0.05) is 21.2 Å². The van der Waals surface area contributed by atoms with E-state index in [0.29, 0.717) is 5.25 Å². The van der Waals surface area contributed by atoms with Crippen LogP contribution in [-0.2, 0) is 6.42 Å². The molecule has 0 bridgehead atoms. The zero-order valence-corrected chi connectivity index (χ0v) is 11.4. The van der Waals surface area contributed by atoms with E-state index in [1.54, 1.807) is 0 Å². The molecule has 92 valence electrons. The van der Waals surface area contributed by atoms with Crippen molar-refractivity contribution in [1.29, 1.82) is 0 Å². The Labute approximate surface area is 116 Å². The van der Waals surface area contributed by atoms with Crippen molar-refractivity contribution in [2.24, 2.45) is 5.73 Å². The number of rotatable bonds is 2. The lowest BCUT2D eigenvalue weighted by Crippen LogP contribution is -2.23. The maximum atomic E-state index is 6.37. The second kappa shape index (κ2) is 4.96. The molecule has 1 aliphatic rings. The molecule has 1 aliphatic heterocycles. The van der Waals surface area contributed by atoms with Gasteiger partial charge in [-0.2, -0.15) is 0 Å². The van der Waals surface area contributed by atoms with Crippen LogP contribution >= 0.6 is 23.4 Å². The molecule has 3 heteroatoms. The van der Waals surface area contributed by atoms with Gasteiger partial charge in [-0.3, -0.25) is 0 Å². The van der Waals surface area contributed by atoms with Gasteiger partial charge >= 0.3 is 0 Å². The number of thioether (sulfide) groups is 1. The Morgan fingerprint density at radius 1 is 1.17 bits per heavy atom. The Morgan fingerprint density at radius 3 is 2.78 bits per heavy atom. The molecule has 0 radical (unpaired) electrons. The van der Waals surface area contributed by atoms with Gasteiger partial charge in [0.05, 0.1) is 0 Å². The normalized spacial score (nSPS) is 19.6. The molecule has 18 heavy (non-hydrogen) atoms. The first-order valence-corrected chi connectivity index (χ1v) is 7.25. The molecule has 0 saturated heterocycles. The summed E-state index contributed by atoms with van der Waals surface area (Å²) in [6, 6.07) is 16.4. The van der Waals surface area contributed by atoms with Gasteiger partial charge in [-0.15, -0.1) is 11.8 Å². The van der Waals surface area contributed by atoms with Crippen molar-refractivity contribution >= 4 is 23.4 Å². The molecule has 0 amide bonds. The smallest absolute Gasteiger partial charge is 0.0422 e. The molecule has 3 rings (SSSR count). The summed E-state index contributed by atoms with van der Waals surface area (Å²) in [5, 5.41) is 1.16. The second-order valence-corrected chi connectivity index (χ2v) is 6.27. The fourth-order valence-electron chi connectivity index (χ4n) is 2.34. The first-order chi connectivity index (χ1) is 8.74. The van der Waals surface area contributed by atoms with E-state index in [0.717, 1.165) is 17.0 Å². The minimum Gasteiger partial charge on any atom is -0.323 e. The molecule has 1 heterocycles. The number of fused-ring (bicyclic) bond motifs is 1.